The summed E-state index contributed by atoms with van der Waals surface area (Å²) in [6.45, 7) is 4.00. The van der Waals surface area contributed by atoms with Gasteiger partial charge in [-0.3, -0.25) is 9.78 Å². The third-order valence-electron chi connectivity index (χ3n) is 7.07. The predicted molar refractivity (Wildman–Crippen MR) is 167 cm³/mol. The lowest BCUT2D eigenvalue weighted by molar-refractivity contribution is -0.119. The number of hydrogen-bond donors (Lipinski definition) is 2. The number of carbonyl (C=O) groups is 1. The van der Waals surface area contributed by atoms with Crippen LogP contribution in [0.3, 0.4) is 0 Å². The average molecular weight is 611 g/mol. The van der Waals surface area contributed by atoms with Gasteiger partial charge < -0.3 is 29.6 Å². The molecule has 1 aliphatic rings. The number of pyridine rings is 1. The number of nitrogens with zero attached hydrogens (tertiary/aromatic N) is 3. The van der Waals surface area contributed by atoms with E-state index >= 15 is 0 Å². The molecule has 8 nitrogen and oxygen atoms in total. The summed E-state index contributed by atoms with van der Waals surface area (Å²) in [5, 5.41) is 7.85. The van der Waals surface area contributed by atoms with E-state index in [1.54, 1.807) is 25.4 Å². The monoisotopic (exact) mass is 609 g/mol. The number of anilines is 2. The molecule has 1 fully saturated rings. The van der Waals surface area contributed by atoms with Gasteiger partial charge >= 0.3 is 0 Å². The first-order chi connectivity index (χ1) is 19.7. The largest absolute Gasteiger partial charge is 0.495 e. The lowest BCUT2D eigenvalue weighted by atomic mass is 9.96. The quantitative estimate of drug-likeness (QED) is 0.219. The second kappa shape index (κ2) is 12.1. The van der Waals surface area contributed by atoms with Crippen LogP contribution in [0.15, 0.2) is 66.9 Å². The van der Waals surface area contributed by atoms with Crippen molar-refractivity contribution in [1.29, 1.82) is 0 Å². The van der Waals surface area contributed by atoms with Crippen molar-refractivity contribution >= 4 is 57.8 Å². The molecule has 212 valence electrons. The average Bonchev–Trinajstić information content (AvgIpc) is 3.45. The number of rotatable bonds is 8. The van der Waals surface area contributed by atoms with Crippen molar-refractivity contribution < 1.29 is 14.3 Å². The van der Waals surface area contributed by atoms with Crippen molar-refractivity contribution in [1.82, 2.24) is 14.9 Å². The number of halogens is 2. The van der Waals surface area contributed by atoms with E-state index in [1.165, 1.54) is 7.11 Å². The van der Waals surface area contributed by atoms with Crippen LogP contribution in [0.1, 0.15) is 34.7 Å². The van der Waals surface area contributed by atoms with E-state index in [9.17, 15) is 4.79 Å². The van der Waals surface area contributed by atoms with Crippen LogP contribution in [0.25, 0.3) is 5.69 Å². The van der Waals surface area contributed by atoms with Crippen LogP contribution in [-0.2, 0) is 9.53 Å². The number of nitrogens with one attached hydrogen (secondary N) is 2. The molecule has 0 radical (unpaired) electrons. The molecular weight excluding hydrogens is 581 g/mol. The van der Waals surface area contributed by atoms with Gasteiger partial charge in [0.15, 0.2) is 5.11 Å². The lowest BCUT2D eigenvalue weighted by Crippen LogP contribution is -2.29. The molecule has 41 heavy (non-hydrogen) atoms. The number of hydrogen-bond acceptors (Lipinski definition) is 5. The van der Waals surface area contributed by atoms with E-state index in [-0.39, 0.29) is 24.6 Å². The number of ether oxygens (including phenoxy) is 2. The van der Waals surface area contributed by atoms with E-state index in [0.29, 0.717) is 26.6 Å². The number of methoxy groups -OCH3 is 2. The summed E-state index contributed by atoms with van der Waals surface area (Å²) in [6.07, 6.45) is 1.77. The second-order valence-electron chi connectivity index (χ2n) is 9.60. The molecule has 1 saturated heterocycles. The molecule has 2 N–H and O–H groups in total. The number of amides is 1. The van der Waals surface area contributed by atoms with Crippen molar-refractivity contribution in [3.05, 3.63) is 99.6 Å². The molecule has 5 rings (SSSR count). The Morgan fingerprint density at radius 3 is 2.61 bits per heavy atom. The molecule has 2 aromatic heterocycles. The Morgan fingerprint density at radius 2 is 1.90 bits per heavy atom. The van der Waals surface area contributed by atoms with Gasteiger partial charge in [-0.2, -0.15) is 0 Å². The SMILES string of the molecule is COCC(=O)Nc1cc(N2C(=S)N[C@@H](c3ccccn3)[C@@H]2c2cc(C)n(-c3cccc(Cl)c3Cl)c2C)ccc1OC. The van der Waals surface area contributed by atoms with E-state index in [4.69, 9.17) is 44.9 Å². The normalized spacial score (nSPS) is 16.5. The number of thiocarbonyl (C=S) groups is 1. The van der Waals surface area contributed by atoms with Crippen LogP contribution in [0.4, 0.5) is 11.4 Å². The fourth-order valence-corrected chi connectivity index (χ4v) is 6.06. The van der Waals surface area contributed by atoms with E-state index in [0.717, 1.165) is 34.0 Å². The molecule has 0 unspecified atom stereocenters. The highest BCUT2D eigenvalue weighted by molar-refractivity contribution is 7.80. The Morgan fingerprint density at radius 1 is 1.10 bits per heavy atom. The Balaban J connectivity index is 1.67. The summed E-state index contributed by atoms with van der Waals surface area (Å²) in [5.41, 5.74) is 5.91. The van der Waals surface area contributed by atoms with Gasteiger partial charge in [-0.15, -0.1) is 0 Å². The first-order valence-electron chi connectivity index (χ1n) is 12.9. The van der Waals surface area contributed by atoms with E-state index in [1.807, 2.05) is 54.3 Å². The summed E-state index contributed by atoms with van der Waals surface area (Å²) in [4.78, 5) is 19.1. The van der Waals surface area contributed by atoms with Crippen LogP contribution < -0.4 is 20.3 Å². The van der Waals surface area contributed by atoms with Crippen LogP contribution >= 0.6 is 35.4 Å². The Kier molecular flexibility index (Phi) is 8.51. The fraction of sp³-hybridized carbons (Fsp3) is 0.233. The third kappa shape index (κ3) is 5.50. The zero-order valence-corrected chi connectivity index (χ0v) is 25.3. The minimum absolute atomic E-state index is 0.0838. The first-order valence-corrected chi connectivity index (χ1v) is 14.0. The van der Waals surface area contributed by atoms with Gasteiger partial charge in [0.1, 0.15) is 12.4 Å². The highest BCUT2D eigenvalue weighted by Crippen LogP contribution is 2.45. The minimum atomic E-state index is -0.296. The second-order valence-corrected chi connectivity index (χ2v) is 10.8. The van der Waals surface area contributed by atoms with Gasteiger partial charge in [0.2, 0.25) is 5.91 Å². The molecule has 1 aliphatic heterocycles. The van der Waals surface area contributed by atoms with Crippen LogP contribution in [-0.4, -0.2) is 41.4 Å². The summed E-state index contributed by atoms with van der Waals surface area (Å²) < 4.78 is 12.6. The van der Waals surface area contributed by atoms with Crippen molar-refractivity contribution in [2.45, 2.75) is 25.9 Å². The molecular formula is C30H29Cl2N5O3S. The van der Waals surface area contributed by atoms with Crippen molar-refractivity contribution in [3.8, 4) is 11.4 Å². The standard InChI is InChI=1S/C30H29Cl2N5O3S/c1-17-14-20(18(2)36(17)24-10-7-8-21(31)27(24)32)29-28(22-9-5-6-13-33-22)35-30(41)37(29)19-11-12-25(40-4)23(15-19)34-26(38)16-39-3/h5-15,28-29H,16H2,1-4H3,(H,34,38)(H,35,41)/t28-,29-/m0/s1. The van der Waals surface area contributed by atoms with Gasteiger partial charge in [0, 0.05) is 30.4 Å². The van der Waals surface area contributed by atoms with E-state index < -0.39 is 0 Å². The first kappa shape index (κ1) is 28.9. The van der Waals surface area contributed by atoms with Gasteiger partial charge in [-0.25, -0.2) is 0 Å². The van der Waals surface area contributed by atoms with Crippen molar-refractivity contribution in [2.75, 3.05) is 31.0 Å². The lowest BCUT2D eigenvalue weighted by Gasteiger charge is -2.29. The van der Waals surface area contributed by atoms with Crippen LogP contribution in [0.2, 0.25) is 10.0 Å². The third-order valence-corrected chi connectivity index (χ3v) is 8.19. The molecule has 2 aromatic carbocycles. The predicted octanol–water partition coefficient (Wildman–Crippen LogP) is 6.57. The molecule has 1 amide bonds. The number of carbonyl (C=O) groups excluding carboxylic acids is 1. The zero-order valence-electron chi connectivity index (χ0n) is 22.9. The Hall–Kier alpha value is -3.63. The van der Waals surface area contributed by atoms with Gasteiger partial charge in [0.05, 0.1) is 46.3 Å². The minimum Gasteiger partial charge on any atom is -0.495 e. The Bertz CT molecular complexity index is 1610. The van der Waals surface area contributed by atoms with Crippen LogP contribution in [0.5, 0.6) is 5.75 Å². The molecule has 2 atom stereocenters. The molecule has 0 bridgehead atoms. The van der Waals surface area contributed by atoms with Crippen molar-refractivity contribution in [3.63, 3.8) is 0 Å². The maximum absolute atomic E-state index is 12.4. The molecule has 0 spiro atoms. The summed E-state index contributed by atoms with van der Waals surface area (Å²) >= 11 is 19.0. The highest BCUT2D eigenvalue weighted by Gasteiger charge is 2.42. The molecule has 11 heteroatoms. The number of aryl methyl sites for hydroxylation is 1. The molecule has 3 heterocycles. The van der Waals surface area contributed by atoms with Crippen molar-refractivity contribution in [2.24, 2.45) is 0 Å². The highest BCUT2D eigenvalue weighted by atomic mass is 35.5. The summed E-state index contributed by atoms with van der Waals surface area (Å²) in [7, 11) is 3.02. The van der Waals surface area contributed by atoms with E-state index in [2.05, 4.69) is 33.2 Å². The maximum atomic E-state index is 12.4. The number of benzene rings is 2. The van der Waals surface area contributed by atoms with Gasteiger partial charge in [-0.05, 0) is 80.2 Å². The topological polar surface area (TPSA) is 80.7 Å². The Labute approximate surface area is 254 Å². The van der Waals surface area contributed by atoms with Gasteiger partial charge in [-0.1, -0.05) is 35.3 Å². The molecule has 0 saturated carbocycles. The molecule has 0 aliphatic carbocycles. The zero-order chi connectivity index (χ0) is 29.3. The maximum Gasteiger partial charge on any atom is 0.250 e. The smallest absolute Gasteiger partial charge is 0.250 e. The van der Waals surface area contributed by atoms with Crippen LogP contribution in [0, 0.1) is 13.8 Å². The molecule has 4 aromatic rings. The summed E-state index contributed by atoms with van der Waals surface area (Å²) in [6, 6.07) is 18.6. The fourth-order valence-electron chi connectivity index (χ4n) is 5.33. The summed E-state index contributed by atoms with van der Waals surface area (Å²) in [5.74, 6) is 0.220. The van der Waals surface area contributed by atoms with Gasteiger partial charge in [0.25, 0.3) is 0 Å². The number of aromatic nitrogens is 2.